The van der Waals surface area contributed by atoms with Crippen molar-refractivity contribution < 1.29 is 9.47 Å². The number of aryl methyl sites for hydroxylation is 1. The number of ether oxygens (including phenoxy) is 2. The number of hydrogen-bond donors (Lipinski definition) is 0. The second-order valence-electron chi connectivity index (χ2n) is 6.66. The third-order valence-electron chi connectivity index (χ3n) is 4.17. The largest absolute Gasteiger partial charge is 0.465 e. The number of benzene rings is 1. The summed E-state index contributed by atoms with van der Waals surface area (Å²) in [5, 5.41) is 0. The average Bonchev–Trinajstić information content (AvgIpc) is 2.47. The van der Waals surface area contributed by atoms with Crippen LogP contribution in [0.15, 0.2) is 24.3 Å². The van der Waals surface area contributed by atoms with Gasteiger partial charge in [-0.1, -0.05) is 45.2 Å². The molecule has 1 aromatic carbocycles. The smallest absolute Gasteiger partial charge is 0.197 e. The molecule has 118 valence electrons. The molecule has 0 heterocycles. The van der Waals surface area contributed by atoms with Crippen LogP contribution in [-0.2, 0) is 11.2 Å². The first-order valence-electron chi connectivity index (χ1n) is 8.54. The Labute approximate surface area is 129 Å². The van der Waals surface area contributed by atoms with Crippen LogP contribution in [0.4, 0.5) is 0 Å². The second-order valence-corrected chi connectivity index (χ2v) is 6.66. The Hall–Kier alpha value is -1.02. The van der Waals surface area contributed by atoms with Gasteiger partial charge in [-0.2, -0.15) is 0 Å². The van der Waals surface area contributed by atoms with E-state index < -0.39 is 0 Å². The SMILES string of the molecule is CC(C)CCc1ccc(OC(C)OC2CCCCC2)cc1. The zero-order valence-electron chi connectivity index (χ0n) is 13.8. The average molecular weight is 290 g/mol. The molecule has 0 radical (unpaired) electrons. The van der Waals surface area contributed by atoms with Gasteiger partial charge in [0.1, 0.15) is 5.75 Å². The molecule has 1 aliphatic rings. The summed E-state index contributed by atoms with van der Waals surface area (Å²) >= 11 is 0. The summed E-state index contributed by atoms with van der Waals surface area (Å²) < 4.78 is 11.9. The van der Waals surface area contributed by atoms with Crippen LogP contribution in [-0.4, -0.2) is 12.4 Å². The summed E-state index contributed by atoms with van der Waals surface area (Å²) in [5.74, 6) is 1.66. The molecule has 0 amide bonds. The first-order chi connectivity index (χ1) is 10.1. The lowest BCUT2D eigenvalue weighted by molar-refractivity contribution is -0.116. The van der Waals surface area contributed by atoms with Crippen LogP contribution in [0.1, 0.15) is 64.9 Å². The molecule has 0 N–H and O–H groups in total. The van der Waals surface area contributed by atoms with Crippen LogP contribution in [0, 0.1) is 5.92 Å². The lowest BCUT2D eigenvalue weighted by Gasteiger charge is -2.26. The predicted molar refractivity (Wildman–Crippen MR) is 87.6 cm³/mol. The van der Waals surface area contributed by atoms with E-state index in [4.69, 9.17) is 9.47 Å². The zero-order valence-corrected chi connectivity index (χ0v) is 13.8. The topological polar surface area (TPSA) is 18.5 Å². The van der Waals surface area contributed by atoms with Crippen LogP contribution in [0.5, 0.6) is 5.75 Å². The first-order valence-corrected chi connectivity index (χ1v) is 8.54. The van der Waals surface area contributed by atoms with Crippen molar-refractivity contribution in [2.75, 3.05) is 0 Å². The van der Waals surface area contributed by atoms with Gasteiger partial charge in [0.05, 0.1) is 6.10 Å². The van der Waals surface area contributed by atoms with Gasteiger partial charge < -0.3 is 9.47 Å². The maximum absolute atomic E-state index is 5.98. The van der Waals surface area contributed by atoms with Crippen molar-refractivity contribution in [3.05, 3.63) is 29.8 Å². The summed E-state index contributed by atoms with van der Waals surface area (Å²) in [6.45, 7) is 6.53. The highest BCUT2D eigenvalue weighted by Gasteiger charge is 2.17. The van der Waals surface area contributed by atoms with Crippen molar-refractivity contribution in [2.45, 2.75) is 78.1 Å². The van der Waals surface area contributed by atoms with Gasteiger partial charge in [0.25, 0.3) is 0 Å². The maximum Gasteiger partial charge on any atom is 0.197 e. The van der Waals surface area contributed by atoms with Crippen molar-refractivity contribution in [3.63, 3.8) is 0 Å². The first kappa shape index (κ1) is 16.4. The minimum Gasteiger partial charge on any atom is -0.465 e. The Morgan fingerprint density at radius 2 is 1.67 bits per heavy atom. The summed E-state index contributed by atoms with van der Waals surface area (Å²) in [6, 6.07) is 8.48. The maximum atomic E-state index is 5.98. The molecule has 1 fully saturated rings. The molecule has 21 heavy (non-hydrogen) atoms. The van der Waals surface area contributed by atoms with E-state index in [-0.39, 0.29) is 6.29 Å². The Morgan fingerprint density at radius 1 is 1.00 bits per heavy atom. The second kappa shape index (κ2) is 8.43. The van der Waals surface area contributed by atoms with E-state index >= 15 is 0 Å². The van der Waals surface area contributed by atoms with E-state index in [2.05, 4.69) is 38.1 Å². The highest BCUT2D eigenvalue weighted by atomic mass is 16.7. The minimum absolute atomic E-state index is 0.158. The molecule has 0 bridgehead atoms. The zero-order chi connectivity index (χ0) is 15.1. The summed E-state index contributed by atoms with van der Waals surface area (Å²) in [6.07, 6.45) is 8.92. The highest BCUT2D eigenvalue weighted by molar-refractivity contribution is 5.27. The van der Waals surface area contributed by atoms with Gasteiger partial charge in [-0.3, -0.25) is 0 Å². The van der Waals surface area contributed by atoms with Gasteiger partial charge in [-0.15, -0.1) is 0 Å². The van der Waals surface area contributed by atoms with Crippen molar-refractivity contribution in [2.24, 2.45) is 5.92 Å². The van der Waals surface area contributed by atoms with E-state index in [0.29, 0.717) is 6.10 Å². The van der Waals surface area contributed by atoms with Gasteiger partial charge in [0.15, 0.2) is 6.29 Å². The monoisotopic (exact) mass is 290 g/mol. The molecule has 1 unspecified atom stereocenters. The van der Waals surface area contributed by atoms with Gasteiger partial charge in [0.2, 0.25) is 0 Å². The Balaban J connectivity index is 1.76. The predicted octanol–water partition coefficient (Wildman–Crippen LogP) is 5.35. The molecule has 1 aliphatic carbocycles. The van der Waals surface area contributed by atoms with Gasteiger partial charge >= 0.3 is 0 Å². The molecule has 1 saturated carbocycles. The Morgan fingerprint density at radius 3 is 2.29 bits per heavy atom. The molecule has 2 rings (SSSR count). The molecule has 0 aliphatic heterocycles. The molecular weight excluding hydrogens is 260 g/mol. The van der Waals surface area contributed by atoms with Gasteiger partial charge in [-0.25, -0.2) is 0 Å². The van der Waals surface area contributed by atoms with Crippen molar-refractivity contribution in [1.82, 2.24) is 0 Å². The summed E-state index contributed by atoms with van der Waals surface area (Å²) in [7, 11) is 0. The molecular formula is C19H30O2. The van der Waals surface area contributed by atoms with Crippen LogP contribution in [0.2, 0.25) is 0 Å². The van der Waals surface area contributed by atoms with E-state index in [0.717, 1.165) is 18.1 Å². The quantitative estimate of drug-likeness (QED) is 0.630. The fourth-order valence-electron chi connectivity index (χ4n) is 2.88. The summed E-state index contributed by atoms with van der Waals surface area (Å²) in [4.78, 5) is 0. The summed E-state index contributed by atoms with van der Waals surface area (Å²) in [5.41, 5.74) is 1.39. The van der Waals surface area contributed by atoms with Gasteiger partial charge in [-0.05, 0) is 56.2 Å². The third-order valence-corrected chi connectivity index (χ3v) is 4.17. The van der Waals surface area contributed by atoms with Crippen LogP contribution >= 0.6 is 0 Å². The van der Waals surface area contributed by atoms with Crippen molar-refractivity contribution in [3.8, 4) is 5.75 Å². The number of hydrogen-bond acceptors (Lipinski definition) is 2. The molecule has 0 spiro atoms. The lowest BCUT2D eigenvalue weighted by Crippen LogP contribution is -2.26. The third kappa shape index (κ3) is 6.09. The van der Waals surface area contributed by atoms with Crippen molar-refractivity contribution >= 4 is 0 Å². The standard InChI is InChI=1S/C19H30O2/c1-15(2)9-10-17-11-13-19(14-12-17)21-16(3)20-18-7-5-4-6-8-18/h11-16,18H,4-10H2,1-3H3. The van der Waals surface area contributed by atoms with Crippen LogP contribution < -0.4 is 4.74 Å². The number of rotatable bonds is 7. The van der Waals surface area contributed by atoms with E-state index in [9.17, 15) is 0 Å². The van der Waals surface area contributed by atoms with Crippen LogP contribution in [0.3, 0.4) is 0 Å². The van der Waals surface area contributed by atoms with Crippen LogP contribution in [0.25, 0.3) is 0 Å². The molecule has 1 aromatic rings. The lowest BCUT2D eigenvalue weighted by atomic mass is 9.98. The minimum atomic E-state index is -0.158. The van der Waals surface area contributed by atoms with E-state index in [1.54, 1.807) is 0 Å². The molecule has 2 heteroatoms. The fraction of sp³-hybridized carbons (Fsp3) is 0.684. The van der Waals surface area contributed by atoms with Gasteiger partial charge in [0, 0.05) is 0 Å². The van der Waals surface area contributed by atoms with Crippen molar-refractivity contribution in [1.29, 1.82) is 0 Å². The Kier molecular flexibility index (Phi) is 6.56. The molecule has 0 saturated heterocycles. The molecule has 2 nitrogen and oxygen atoms in total. The molecule has 1 atom stereocenters. The Bertz CT molecular complexity index is 391. The van der Waals surface area contributed by atoms with E-state index in [1.165, 1.54) is 44.1 Å². The molecule has 0 aromatic heterocycles. The normalized spacial score (nSPS) is 17.9. The van der Waals surface area contributed by atoms with E-state index in [1.807, 2.05) is 6.92 Å². The highest BCUT2D eigenvalue weighted by Crippen LogP contribution is 2.23. The fourth-order valence-corrected chi connectivity index (χ4v) is 2.88.